The van der Waals surface area contributed by atoms with E-state index in [-0.39, 0.29) is 12.1 Å². The van der Waals surface area contributed by atoms with E-state index in [1.54, 1.807) is 20.4 Å². The largest absolute Gasteiger partial charge is 0.497 e. The van der Waals surface area contributed by atoms with Gasteiger partial charge in [0.15, 0.2) is 5.11 Å². The lowest BCUT2D eigenvalue weighted by molar-refractivity contribution is 0.394. The maximum atomic E-state index is 5.92. The third-order valence-electron chi connectivity index (χ3n) is 6.74. The molecule has 0 saturated carbocycles. The molecule has 7 nitrogen and oxygen atoms in total. The molecule has 4 aromatic rings. The van der Waals surface area contributed by atoms with E-state index in [0.29, 0.717) is 10.9 Å². The second-order valence-corrected chi connectivity index (χ2v) is 9.19. The molecule has 5 rings (SSSR count). The van der Waals surface area contributed by atoms with Crippen molar-refractivity contribution in [2.24, 2.45) is 0 Å². The Morgan fingerprint density at radius 1 is 1.00 bits per heavy atom. The summed E-state index contributed by atoms with van der Waals surface area (Å²) < 4.78 is 13.5. The van der Waals surface area contributed by atoms with Gasteiger partial charge in [0.2, 0.25) is 0 Å². The zero-order valence-electron chi connectivity index (χ0n) is 20.8. The minimum atomic E-state index is -0.141. The lowest BCUT2D eigenvalue weighted by Gasteiger charge is -2.29. The van der Waals surface area contributed by atoms with E-state index in [0.717, 1.165) is 29.2 Å². The SMILES string of the molecule is COc1ccc(N2C(=S)N[C@@H](c3ccccn3)[C@@H]2c2cc(C)n(Cc3cccnc3)c2C)c(OC)c1. The van der Waals surface area contributed by atoms with Crippen molar-refractivity contribution in [3.8, 4) is 11.5 Å². The molecule has 1 aliphatic heterocycles. The summed E-state index contributed by atoms with van der Waals surface area (Å²) in [5.41, 5.74) is 6.48. The molecule has 0 radical (unpaired) electrons. The first kappa shape index (κ1) is 23.8. The number of pyridine rings is 2. The molecule has 1 aromatic carbocycles. The van der Waals surface area contributed by atoms with Crippen LogP contribution in [0, 0.1) is 13.8 Å². The average molecular weight is 500 g/mol. The first-order valence-corrected chi connectivity index (χ1v) is 12.2. The molecule has 1 fully saturated rings. The maximum absolute atomic E-state index is 5.92. The van der Waals surface area contributed by atoms with Crippen molar-refractivity contribution in [1.29, 1.82) is 0 Å². The number of aromatic nitrogens is 3. The predicted octanol–water partition coefficient (Wildman–Crippen LogP) is 5.14. The number of nitrogens with zero attached hydrogens (tertiary/aromatic N) is 4. The molecule has 3 aromatic heterocycles. The van der Waals surface area contributed by atoms with E-state index < -0.39 is 0 Å². The van der Waals surface area contributed by atoms with Gasteiger partial charge >= 0.3 is 0 Å². The topological polar surface area (TPSA) is 64.4 Å². The van der Waals surface area contributed by atoms with Crippen LogP contribution in [0.2, 0.25) is 0 Å². The average Bonchev–Trinajstić information content (AvgIpc) is 3.40. The van der Waals surface area contributed by atoms with Crippen LogP contribution in [-0.4, -0.2) is 33.9 Å². The second-order valence-electron chi connectivity index (χ2n) is 8.81. The number of hydrogen-bond donors (Lipinski definition) is 1. The normalized spacial score (nSPS) is 17.2. The molecule has 0 unspecified atom stereocenters. The van der Waals surface area contributed by atoms with Gasteiger partial charge in [-0.3, -0.25) is 9.97 Å². The third-order valence-corrected chi connectivity index (χ3v) is 7.05. The monoisotopic (exact) mass is 499 g/mol. The highest BCUT2D eigenvalue weighted by Gasteiger charge is 2.43. The predicted molar refractivity (Wildman–Crippen MR) is 145 cm³/mol. The Kier molecular flexibility index (Phi) is 6.61. The van der Waals surface area contributed by atoms with Gasteiger partial charge in [-0.15, -0.1) is 0 Å². The summed E-state index contributed by atoms with van der Waals surface area (Å²) in [6, 6.07) is 17.8. The molecule has 8 heteroatoms. The number of nitrogens with one attached hydrogen (secondary N) is 1. The van der Waals surface area contributed by atoms with Crippen LogP contribution in [-0.2, 0) is 6.54 Å². The minimum Gasteiger partial charge on any atom is -0.497 e. The molecule has 2 atom stereocenters. The van der Waals surface area contributed by atoms with Crippen LogP contribution in [0.1, 0.15) is 40.3 Å². The van der Waals surface area contributed by atoms with Crippen LogP contribution >= 0.6 is 12.2 Å². The Bertz CT molecular complexity index is 1370. The smallest absolute Gasteiger partial charge is 0.174 e. The van der Waals surface area contributed by atoms with E-state index in [4.69, 9.17) is 21.7 Å². The molecule has 0 amide bonds. The van der Waals surface area contributed by atoms with E-state index in [1.807, 2.05) is 54.9 Å². The molecular weight excluding hydrogens is 470 g/mol. The van der Waals surface area contributed by atoms with Crippen LogP contribution in [0.25, 0.3) is 0 Å². The standard InChI is InChI=1S/C28H29N5O2S/c1-18-14-22(19(2)32(18)17-20-8-7-12-29-16-20)27-26(23-9-5-6-13-30-23)31-28(36)33(27)24-11-10-21(34-3)15-25(24)35-4/h5-16,26-27H,17H2,1-4H3,(H,31,36)/t26-,27-/m0/s1. The zero-order chi connectivity index (χ0) is 25.2. The fourth-order valence-electron chi connectivity index (χ4n) is 4.96. The Hall–Kier alpha value is -3.91. The highest BCUT2D eigenvalue weighted by Crippen LogP contribution is 2.46. The summed E-state index contributed by atoms with van der Waals surface area (Å²) >= 11 is 5.92. The van der Waals surface area contributed by atoms with Crippen LogP contribution in [0.3, 0.4) is 0 Å². The molecule has 36 heavy (non-hydrogen) atoms. The van der Waals surface area contributed by atoms with Gasteiger partial charge in [0, 0.05) is 42.6 Å². The quantitative estimate of drug-likeness (QED) is 0.353. The summed E-state index contributed by atoms with van der Waals surface area (Å²) in [6.45, 7) is 5.05. The number of hydrogen-bond acceptors (Lipinski definition) is 5. The van der Waals surface area contributed by atoms with Crippen molar-refractivity contribution in [3.05, 3.63) is 101 Å². The molecule has 4 heterocycles. The molecule has 0 aliphatic carbocycles. The number of rotatable bonds is 7. The van der Waals surface area contributed by atoms with Crippen LogP contribution in [0.4, 0.5) is 5.69 Å². The summed E-state index contributed by atoms with van der Waals surface area (Å²) in [7, 11) is 3.31. The number of anilines is 1. The second kappa shape index (κ2) is 9.99. The molecule has 1 saturated heterocycles. The zero-order valence-corrected chi connectivity index (χ0v) is 21.6. The highest BCUT2D eigenvalue weighted by atomic mass is 32.1. The molecule has 184 valence electrons. The van der Waals surface area contributed by atoms with Gasteiger partial charge < -0.3 is 24.3 Å². The molecule has 0 bridgehead atoms. The van der Waals surface area contributed by atoms with E-state index in [2.05, 4.69) is 50.7 Å². The summed E-state index contributed by atoms with van der Waals surface area (Å²) in [5, 5.41) is 4.16. The van der Waals surface area contributed by atoms with Crippen LogP contribution in [0.15, 0.2) is 73.2 Å². The van der Waals surface area contributed by atoms with Gasteiger partial charge in [-0.2, -0.15) is 0 Å². The number of benzene rings is 1. The minimum absolute atomic E-state index is 0.136. The third kappa shape index (κ3) is 4.28. The first-order valence-electron chi connectivity index (χ1n) is 11.8. The van der Waals surface area contributed by atoms with Gasteiger partial charge in [-0.1, -0.05) is 12.1 Å². The lowest BCUT2D eigenvalue weighted by atomic mass is 9.96. The van der Waals surface area contributed by atoms with Crippen molar-refractivity contribution in [1.82, 2.24) is 19.9 Å². The first-order chi connectivity index (χ1) is 17.5. The number of aryl methyl sites for hydroxylation is 1. The van der Waals surface area contributed by atoms with Gasteiger partial charge in [-0.05, 0) is 73.6 Å². The van der Waals surface area contributed by atoms with Gasteiger partial charge in [-0.25, -0.2) is 0 Å². The van der Waals surface area contributed by atoms with Crippen molar-refractivity contribution in [2.75, 3.05) is 19.1 Å². The molecule has 0 spiro atoms. The van der Waals surface area contributed by atoms with Gasteiger partial charge in [0.05, 0.1) is 37.7 Å². The Morgan fingerprint density at radius 3 is 2.56 bits per heavy atom. The summed E-state index contributed by atoms with van der Waals surface area (Å²) in [5.74, 6) is 1.41. The molecule has 1 N–H and O–H groups in total. The summed E-state index contributed by atoms with van der Waals surface area (Å²) in [4.78, 5) is 11.1. The maximum Gasteiger partial charge on any atom is 0.174 e. The fourth-order valence-corrected chi connectivity index (χ4v) is 5.30. The van der Waals surface area contributed by atoms with Crippen LogP contribution in [0.5, 0.6) is 11.5 Å². The highest BCUT2D eigenvalue weighted by molar-refractivity contribution is 7.80. The molecule has 1 aliphatic rings. The molecular formula is C28H29N5O2S. The number of ether oxygens (including phenoxy) is 2. The summed E-state index contributed by atoms with van der Waals surface area (Å²) in [6.07, 6.45) is 5.53. The van der Waals surface area contributed by atoms with Crippen molar-refractivity contribution < 1.29 is 9.47 Å². The Balaban J connectivity index is 1.65. The van der Waals surface area contributed by atoms with Crippen molar-refractivity contribution >= 4 is 23.0 Å². The Morgan fingerprint density at radius 2 is 1.86 bits per heavy atom. The fraction of sp³-hybridized carbons (Fsp3) is 0.250. The number of thiocarbonyl (C=S) groups is 1. The van der Waals surface area contributed by atoms with Crippen LogP contribution < -0.4 is 19.7 Å². The van der Waals surface area contributed by atoms with E-state index in [9.17, 15) is 0 Å². The lowest BCUT2D eigenvalue weighted by Crippen LogP contribution is -2.30. The van der Waals surface area contributed by atoms with E-state index >= 15 is 0 Å². The van der Waals surface area contributed by atoms with Gasteiger partial charge in [0.25, 0.3) is 0 Å². The van der Waals surface area contributed by atoms with Crippen molar-refractivity contribution in [2.45, 2.75) is 32.5 Å². The van der Waals surface area contributed by atoms with E-state index in [1.165, 1.54) is 17.0 Å². The Labute approximate surface area is 216 Å². The number of methoxy groups -OCH3 is 2. The van der Waals surface area contributed by atoms with Gasteiger partial charge in [0.1, 0.15) is 11.5 Å². The van der Waals surface area contributed by atoms with Crippen molar-refractivity contribution in [3.63, 3.8) is 0 Å².